The van der Waals surface area contributed by atoms with Crippen LogP contribution >= 0.6 is 23.2 Å². The molecule has 0 aliphatic heterocycles. The van der Waals surface area contributed by atoms with Crippen molar-refractivity contribution < 1.29 is 14.3 Å². The molecule has 1 atom stereocenters. The first kappa shape index (κ1) is 29.0. The first-order valence-electron chi connectivity index (χ1n) is 13.6. The van der Waals surface area contributed by atoms with Crippen LogP contribution in [0.4, 0.5) is 0 Å². The number of hydrogen-bond acceptors (Lipinski definition) is 3. The summed E-state index contributed by atoms with van der Waals surface area (Å²) < 4.78 is 5.95. The number of carbonyl (C=O) groups excluding carboxylic acids is 2. The summed E-state index contributed by atoms with van der Waals surface area (Å²) in [6, 6.07) is 20.3. The number of nitrogens with one attached hydrogen (secondary N) is 1. The number of hydrogen-bond donors (Lipinski definition) is 1. The van der Waals surface area contributed by atoms with Gasteiger partial charge in [0.1, 0.15) is 11.8 Å². The molecular weight excluding hydrogens is 531 g/mol. The van der Waals surface area contributed by atoms with Crippen molar-refractivity contribution >= 4 is 35.0 Å². The van der Waals surface area contributed by atoms with E-state index in [4.69, 9.17) is 27.9 Å². The summed E-state index contributed by atoms with van der Waals surface area (Å²) in [5, 5.41) is 4.51. The molecule has 3 aromatic rings. The molecule has 39 heavy (non-hydrogen) atoms. The zero-order valence-corrected chi connectivity index (χ0v) is 24.1. The van der Waals surface area contributed by atoms with E-state index in [-0.39, 0.29) is 31.0 Å². The largest absolute Gasteiger partial charge is 0.484 e. The van der Waals surface area contributed by atoms with E-state index in [1.165, 1.54) is 6.42 Å². The minimum atomic E-state index is -0.710. The number of rotatable bonds is 10. The summed E-state index contributed by atoms with van der Waals surface area (Å²) in [5.74, 6) is 0.149. The highest BCUT2D eigenvalue weighted by Gasteiger charge is 2.32. The van der Waals surface area contributed by atoms with E-state index in [1.807, 2.05) is 74.5 Å². The second-order valence-electron chi connectivity index (χ2n) is 10.4. The molecule has 0 spiro atoms. The second-order valence-corrected chi connectivity index (χ2v) is 11.2. The molecule has 1 unspecified atom stereocenters. The molecule has 1 N–H and O–H groups in total. The van der Waals surface area contributed by atoms with Gasteiger partial charge < -0.3 is 15.0 Å². The third-order valence-electron chi connectivity index (χ3n) is 7.24. The van der Waals surface area contributed by atoms with Crippen LogP contribution in [0.25, 0.3) is 0 Å². The first-order chi connectivity index (χ1) is 18.8. The van der Waals surface area contributed by atoms with Crippen molar-refractivity contribution in [1.29, 1.82) is 0 Å². The average molecular weight is 568 g/mol. The second kappa shape index (κ2) is 13.9. The standard InChI is InChI=1S/C32H36Cl2N2O3/c1-22-16-28(17-23(2)31(22)34)39-21-30(37)36(20-25-12-9-13-26(33)18-25)29(19-24-10-5-3-6-11-24)32(38)35-27-14-7-4-8-15-27/h3,5-6,9-13,16-18,27,29H,4,7-8,14-15,19-21H2,1-2H3,(H,35,38). The van der Waals surface area contributed by atoms with E-state index in [1.54, 1.807) is 11.0 Å². The smallest absolute Gasteiger partial charge is 0.261 e. The van der Waals surface area contributed by atoms with E-state index in [9.17, 15) is 9.59 Å². The van der Waals surface area contributed by atoms with Gasteiger partial charge in [-0.15, -0.1) is 0 Å². The van der Waals surface area contributed by atoms with Gasteiger partial charge in [0, 0.05) is 29.1 Å². The maximum Gasteiger partial charge on any atom is 0.261 e. The lowest BCUT2D eigenvalue weighted by molar-refractivity contribution is -0.143. The molecule has 1 aliphatic rings. The van der Waals surface area contributed by atoms with E-state index in [0.29, 0.717) is 22.2 Å². The molecule has 4 rings (SSSR count). The van der Waals surface area contributed by atoms with Gasteiger partial charge in [0.25, 0.3) is 5.91 Å². The predicted molar refractivity (Wildman–Crippen MR) is 157 cm³/mol. The van der Waals surface area contributed by atoms with Crippen molar-refractivity contribution in [3.8, 4) is 5.75 Å². The molecule has 3 aromatic carbocycles. The first-order valence-corrected chi connectivity index (χ1v) is 14.3. The van der Waals surface area contributed by atoms with Crippen LogP contribution in [-0.2, 0) is 22.6 Å². The van der Waals surface area contributed by atoms with Crippen molar-refractivity contribution in [1.82, 2.24) is 10.2 Å². The molecule has 7 heteroatoms. The van der Waals surface area contributed by atoms with E-state index in [0.717, 1.165) is 47.9 Å². The Kier molecular flexibility index (Phi) is 10.3. The van der Waals surface area contributed by atoms with Gasteiger partial charge in [0.2, 0.25) is 5.91 Å². The van der Waals surface area contributed by atoms with E-state index in [2.05, 4.69) is 5.32 Å². The van der Waals surface area contributed by atoms with Crippen molar-refractivity contribution in [2.45, 2.75) is 71.0 Å². The zero-order chi connectivity index (χ0) is 27.8. The fraction of sp³-hybridized carbons (Fsp3) is 0.375. The van der Waals surface area contributed by atoms with Crippen molar-refractivity contribution in [2.24, 2.45) is 0 Å². The van der Waals surface area contributed by atoms with E-state index < -0.39 is 6.04 Å². The molecule has 5 nitrogen and oxygen atoms in total. The van der Waals surface area contributed by atoms with Crippen LogP contribution in [0.15, 0.2) is 66.7 Å². The van der Waals surface area contributed by atoms with Crippen molar-refractivity contribution in [2.75, 3.05) is 6.61 Å². The highest BCUT2D eigenvalue weighted by atomic mass is 35.5. The van der Waals surface area contributed by atoms with Gasteiger partial charge in [-0.1, -0.05) is 84.9 Å². The van der Waals surface area contributed by atoms with Crippen molar-refractivity contribution in [3.05, 3.63) is 99.0 Å². The number of carbonyl (C=O) groups is 2. The Labute approximate surface area is 241 Å². The normalized spacial score (nSPS) is 14.5. The average Bonchev–Trinajstić information content (AvgIpc) is 2.93. The summed E-state index contributed by atoms with van der Waals surface area (Å²) in [6.45, 7) is 3.84. The highest BCUT2D eigenvalue weighted by molar-refractivity contribution is 6.32. The summed E-state index contributed by atoms with van der Waals surface area (Å²) in [5.41, 5.74) is 3.58. The number of amides is 2. The topological polar surface area (TPSA) is 58.6 Å². The maximum atomic E-state index is 13.8. The predicted octanol–water partition coefficient (Wildman–Crippen LogP) is 7.08. The van der Waals surface area contributed by atoms with Crippen molar-refractivity contribution in [3.63, 3.8) is 0 Å². The Bertz CT molecular complexity index is 1250. The molecule has 2 amide bonds. The van der Waals surface area contributed by atoms with E-state index >= 15 is 0 Å². The van der Waals surface area contributed by atoms with Crippen LogP contribution in [0.3, 0.4) is 0 Å². The van der Waals surface area contributed by atoms with Crippen LogP contribution in [0.2, 0.25) is 10.0 Å². The summed E-state index contributed by atoms with van der Waals surface area (Å²) in [6.07, 6.45) is 5.72. The summed E-state index contributed by atoms with van der Waals surface area (Å²) in [7, 11) is 0. The molecular formula is C32H36Cl2N2O3. The highest BCUT2D eigenvalue weighted by Crippen LogP contribution is 2.26. The van der Waals surface area contributed by atoms with Gasteiger partial charge in [-0.2, -0.15) is 0 Å². The quantitative estimate of drug-likeness (QED) is 0.285. The molecule has 1 fully saturated rings. The SMILES string of the molecule is Cc1cc(OCC(=O)N(Cc2cccc(Cl)c2)C(Cc2ccccc2)C(=O)NC2CCCCC2)cc(C)c1Cl. The molecule has 0 radical (unpaired) electrons. The Balaban J connectivity index is 1.62. The van der Waals surface area contributed by atoms with Crippen LogP contribution in [0, 0.1) is 13.8 Å². The lowest BCUT2D eigenvalue weighted by Crippen LogP contribution is -2.53. The number of halogens is 2. The maximum absolute atomic E-state index is 13.8. The van der Waals surface area contributed by atoms with Gasteiger partial charge in [-0.3, -0.25) is 9.59 Å². The number of nitrogens with zero attached hydrogens (tertiary/aromatic N) is 1. The van der Waals surface area contributed by atoms with Crippen LogP contribution in [0.1, 0.15) is 54.4 Å². The van der Waals surface area contributed by atoms with Gasteiger partial charge in [0.15, 0.2) is 6.61 Å². The van der Waals surface area contributed by atoms with Gasteiger partial charge >= 0.3 is 0 Å². The Morgan fingerprint density at radius 2 is 1.59 bits per heavy atom. The minimum Gasteiger partial charge on any atom is -0.484 e. The Hall–Kier alpha value is -3.02. The van der Waals surface area contributed by atoms with Gasteiger partial charge in [-0.05, 0) is 73.2 Å². The zero-order valence-electron chi connectivity index (χ0n) is 22.6. The van der Waals surface area contributed by atoms with Gasteiger partial charge in [0.05, 0.1) is 0 Å². The lowest BCUT2D eigenvalue weighted by atomic mass is 9.94. The molecule has 0 aromatic heterocycles. The third kappa shape index (κ3) is 8.23. The Morgan fingerprint density at radius 1 is 0.923 bits per heavy atom. The Morgan fingerprint density at radius 3 is 2.26 bits per heavy atom. The number of aryl methyl sites for hydroxylation is 2. The number of ether oxygens (including phenoxy) is 1. The fourth-order valence-electron chi connectivity index (χ4n) is 5.15. The molecule has 0 heterocycles. The van der Waals surface area contributed by atoms with Crippen LogP contribution in [-0.4, -0.2) is 35.4 Å². The molecule has 206 valence electrons. The molecule has 1 saturated carbocycles. The van der Waals surface area contributed by atoms with Gasteiger partial charge in [-0.25, -0.2) is 0 Å². The summed E-state index contributed by atoms with van der Waals surface area (Å²) in [4.78, 5) is 29.3. The van der Waals surface area contributed by atoms with Crippen LogP contribution < -0.4 is 10.1 Å². The fourth-order valence-corrected chi connectivity index (χ4v) is 5.47. The monoisotopic (exact) mass is 566 g/mol. The molecule has 0 bridgehead atoms. The molecule has 0 saturated heterocycles. The summed E-state index contributed by atoms with van der Waals surface area (Å²) >= 11 is 12.6. The lowest BCUT2D eigenvalue weighted by Gasteiger charge is -2.33. The van der Waals surface area contributed by atoms with Crippen LogP contribution in [0.5, 0.6) is 5.75 Å². The molecule has 1 aliphatic carbocycles. The minimum absolute atomic E-state index is 0.129. The number of benzene rings is 3. The third-order valence-corrected chi connectivity index (χ3v) is 8.07.